The fraction of sp³-hybridized carbons (Fsp3) is 0.583. The number of carbonyl (C=O) groups is 6. The van der Waals surface area contributed by atoms with Crippen LogP contribution in [0.1, 0.15) is 78.1 Å². The maximum Gasteiger partial charge on any atom is 0.303 e. The predicted octanol–water partition coefficient (Wildman–Crippen LogP) is 2.67. The molecular formula is C24H34N2O8Zn. The molecule has 35 heavy (non-hydrogen) atoms. The Labute approximate surface area is 218 Å². The van der Waals surface area contributed by atoms with Crippen LogP contribution in [-0.4, -0.2) is 68.7 Å². The van der Waals surface area contributed by atoms with Crippen molar-refractivity contribution in [2.75, 3.05) is 13.1 Å². The first kappa shape index (κ1) is 32.3. The zero-order valence-corrected chi connectivity index (χ0v) is 23.6. The van der Waals surface area contributed by atoms with Crippen LogP contribution in [-0.2, 0) is 48.2 Å². The van der Waals surface area contributed by atoms with Crippen molar-refractivity contribution in [1.82, 2.24) is 9.80 Å². The molecule has 0 fully saturated rings. The van der Waals surface area contributed by atoms with Crippen LogP contribution in [0.4, 0.5) is 0 Å². The van der Waals surface area contributed by atoms with E-state index < -0.39 is 11.9 Å². The van der Waals surface area contributed by atoms with E-state index in [-0.39, 0.29) is 55.9 Å². The van der Waals surface area contributed by atoms with Gasteiger partial charge in [0.15, 0.2) is 0 Å². The third-order valence-corrected chi connectivity index (χ3v) is 5.42. The minimum Gasteiger partial charge on any atom is -0.481 e. The first-order chi connectivity index (χ1) is 16.0. The number of carboxylic acid groups (broad SMARTS) is 2. The summed E-state index contributed by atoms with van der Waals surface area (Å²) in [6, 6.07) is 0. The van der Waals surface area contributed by atoms with Crippen LogP contribution in [0.15, 0.2) is 23.3 Å². The van der Waals surface area contributed by atoms with Crippen LogP contribution >= 0.6 is 0 Å². The van der Waals surface area contributed by atoms with Crippen LogP contribution in [0.3, 0.4) is 0 Å². The minimum atomic E-state index is -0.783. The Bertz CT molecular complexity index is 796. The molecule has 2 N–H and O–H groups in total. The van der Waals surface area contributed by atoms with Crippen LogP contribution in [0.25, 0.3) is 0 Å². The summed E-state index contributed by atoms with van der Waals surface area (Å²) in [6.07, 6.45) is 9.14. The molecule has 0 aromatic heterocycles. The number of unbranched alkanes of at least 4 members (excludes halogenated alkanes) is 6. The fourth-order valence-corrected chi connectivity index (χ4v) is 3.50. The van der Waals surface area contributed by atoms with Crippen LogP contribution in [0.5, 0.6) is 0 Å². The molecule has 2 aliphatic rings. The van der Waals surface area contributed by atoms with Gasteiger partial charge in [0.05, 0.1) is 0 Å². The van der Waals surface area contributed by atoms with Crippen molar-refractivity contribution in [3.05, 3.63) is 23.3 Å². The zero-order valence-electron chi connectivity index (χ0n) is 20.6. The van der Waals surface area contributed by atoms with Crippen LogP contribution in [0.2, 0.25) is 0 Å². The van der Waals surface area contributed by atoms with Gasteiger partial charge in [0.25, 0.3) is 23.6 Å². The van der Waals surface area contributed by atoms with E-state index in [9.17, 15) is 28.8 Å². The van der Waals surface area contributed by atoms with E-state index in [4.69, 9.17) is 10.2 Å². The van der Waals surface area contributed by atoms with Crippen molar-refractivity contribution in [3.8, 4) is 0 Å². The van der Waals surface area contributed by atoms with E-state index in [2.05, 4.69) is 0 Å². The third kappa shape index (κ3) is 12.0. The van der Waals surface area contributed by atoms with E-state index in [1.54, 1.807) is 13.8 Å². The van der Waals surface area contributed by atoms with Crippen molar-refractivity contribution in [3.63, 3.8) is 0 Å². The summed E-state index contributed by atoms with van der Waals surface area (Å²) in [4.78, 5) is 68.7. The molecule has 0 saturated heterocycles. The fourth-order valence-electron chi connectivity index (χ4n) is 3.50. The smallest absolute Gasteiger partial charge is 0.303 e. The molecule has 11 heteroatoms. The number of imide groups is 2. The van der Waals surface area contributed by atoms with Crippen molar-refractivity contribution in [1.29, 1.82) is 0 Å². The molecule has 2 heterocycles. The molecule has 0 radical (unpaired) electrons. The molecule has 0 aromatic carbocycles. The summed E-state index contributed by atoms with van der Waals surface area (Å²) in [5.41, 5.74) is 0.974. The van der Waals surface area contributed by atoms with Crippen molar-refractivity contribution >= 4 is 35.6 Å². The van der Waals surface area contributed by atoms with E-state index in [1.807, 2.05) is 0 Å². The average molecular weight is 544 g/mol. The quantitative estimate of drug-likeness (QED) is 0.193. The Morgan fingerprint density at radius 1 is 0.629 bits per heavy atom. The molecule has 0 unspecified atom stereocenters. The molecule has 0 saturated carbocycles. The molecule has 0 spiro atoms. The molecule has 0 aliphatic carbocycles. The number of hydrogen-bond donors (Lipinski definition) is 2. The van der Waals surface area contributed by atoms with Crippen LogP contribution < -0.4 is 0 Å². The summed E-state index contributed by atoms with van der Waals surface area (Å²) in [6.45, 7) is 4.12. The topological polar surface area (TPSA) is 149 Å². The Morgan fingerprint density at radius 2 is 0.943 bits per heavy atom. The first-order valence-corrected chi connectivity index (χ1v) is 11.6. The number of amides is 4. The maximum absolute atomic E-state index is 11.5. The maximum atomic E-state index is 11.5. The molecule has 0 atom stereocenters. The number of nitrogens with zero attached hydrogens (tertiary/aromatic N) is 2. The molecule has 4 amide bonds. The standard InChI is InChI=1S/2C12H17NO4.Zn/c2*1-9-8-10(14)13(12(9)17)7-5-3-2-4-6-11(15)16;/h2*8H,2-7H2,1H3,(H,15,16);. The van der Waals surface area contributed by atoms with Gasteiger partial charge in [-0.3, -0.25) is 38.6 Å². The monoisotopic (exact) mass is 542 g/mol. The summed E-state index contributed by atoms with van der Waals surface area (Å²) in [5.74, 6) is -2.46. The van der Waals surface area contributed by atoms with E-state index in [1.165, 1.54) is 22.0 Å². The first-order valence-electron chi connectivity index (χ1n) is 11.6. The average Bonchev–Trinajstić information content (AvgIpc) is 3.14. The van der Waals surface area contributed by atoms with Gasteiger partial charge in [-0.25, -0.2) is 0 Å². The number of rotatable bonds is 14. The van der Waals surface area contributed by atoms with E-state index in [0.717, 1.165) is 38.5 Å². The molecule has 10 nitrogen and oxygen atoms in total. The number of carboxylic acids is 2. The number of carbonyl (C=O) groups excluding carboxylic acids is 4. The molecule has 2 aliphatic heterocycles. The molecule has 2 rings (SSSR count). The molecule has 0 aromatic rings. The van der Waals surface area contributed by atoms with Gasteiger partial charge in [-0.2, -0.15) is 0 Å². The van der Waals surface area contributed by atoms with Gasteiger partial charge < -0.3 is 10.2 Å². The van der Waals surface area contributed by atoms with E-state index in [0.29, 0.717) is 37.1 Å². The van der Waals surface area contributed by atoms with Gasteiger partial charge in [-0.15, -0.1) is 0 Å². The minimum absolute atomic E-state index is 0. The van der Waals surface area contributed by atoms with Gasteiger partial charge in [-0.05, 0) is 39.5 Å². The summed E-state index contributed by atoms with van der Waals surface area (Å²) >= 11 is 0. The molecular weight excluding hydrogens is 510 g/mol. The number of aliphatic carboxylic acids is 2. The Hall–Kier alpha value is -2.68. The van der Waals surface area contributed by atoms with Gasteiger partial charge in [0.2, 0.25) is 0 Å². The summed E-state index contributed by atoms with van der Waals surface area (Å²) in [7, 11) is 0. The normalized spacial score (nSPS) is 14.9. The summed E-state index contributed by atoms with van der Waals surface area (Å²) in [5, 5.41) is 16.9. The molecule has 0 bridgehead atoms. The zero-order chi connectivity index (χ0) is 25.7. The summed E-state index contributed by atoms with van der Waals surface area (Å²) < 4.78 is 0. The van der Waals surface area contributed by atoms with Crippen molar-refractivity contribution < 1.29 is 58.5 Å². The largest absolute Gasteiger partial charge is 0.481 e. The Morgan fingerprint density at radius 3 is 1.20 bits per heavy atom. The third-order valence-electron chi connectivity index (χ3n) is 5.42. The van der Waals surface area contributed by atoms with Crippen LogP contribution in [0, 0.1) is 0 Å². The van der Waals surface area contributed by atoms with E-state index >= 15 is 0 Å². The SMILES string of the molecule is CC1=CC(=O)N(CCCCCCC(=O)O)C1=O.CC1=CC(=O)N(CCCCCCC(=O)O)C1=O.[Zn]. The van der Waals surface area contributed by atoms with Gasteiger partial charge in [-0.1, -0.05) is 25.7 Å². The van der Waals surface area contributed by atoms with Gasteiger partial charge >= 0.3 is 11.9 Å². The van der Waals surface area contributed by atoms with Crippen molar-refractivity contribution in [2.24, 2.45) is 0 Å². The Balaban J connectivity index is 0.000000642. The second-order valence-corrected chi connectivity index (χ2v) is 8.36. The second kappa shape index (κ2) is 16.9. The van der Waals surface area contributed by atoms with Gasteiger partial charge in [0, 0.05) is 68.7 Å². The second-order valence-electron chi connectivity index (χ2n) is 8.36. The Kier molecular flexibility index (Phi) is 15.6. The number of hydrogen-bond acceptors (Lipinski definition) is 6. The van der Waals surface area contributed by atoms with Crippen molar-refractivity contribution in [2.45, 2.75) is 78.1 Å². The molecule has 190 valence electrons. The predicted molar refractivity (Wildman–Crippen MR) is 122 cm³/mol. The van der Waals surface area contributed by atoms with Gasteiger partial charge in [0.1, 0.15) is 0 Å².